The lowest BCUT2D eigenvalue weighted by molar-refractivity contribution is 0.126. The van der Waals surface area contributed by atoms with Crippen molar-refractivity contribution < 1.29 is 5.11 Å². The number of hydrogen-bond donors (Lipinski definition) is 3. The predicted molar refractivity (Wildman–Crippen MR) is 116 cm³/mol. The van der Waals surface area contributed by atoms with E-state index in [-0.39, 0.29) is 17.7 Å². The van der Waals surface area contributed by atoms with Crippen molar-refractivity contribution in [1.29, 1.82) is 0 Å². The van der Waals surface area contributed by atoms with Crippen LogP contribution in [0.2, 0.25) is 5.02 Å². The maximum Gasteiger partial charge on any atom is 0.262 e. The summed E-state index contributed by atoms with van der Waals surface area (Å²) in [5.74, 6) is 1.72. The molecule has 3 aromatic rings. The Hall–Kier alpha value is -2.64. The number of aryl methyl sites for hydroxylation is 1. The van der Waals surface area contributed by atoms with Crippen molar-refractivity contribution in [2.45, 2.75) is 51.3 Å². The molecule has 0 bridgehead atoms. The van der Waals surface area contributed by atoms with Crippen molar-refractivity contribution in [3.63, 3.8) is 0 Å². The minimum absolute atomic E-state index is 0.0664. The highest BCUT2D eigenvalue weighted by Crippen LogP contribution is 2.28. The van der Waals surface area contributed by atoms with Crippen molar-refractivity contribution >= 4 is 39.8 Å². The van der Waals surface area contributed by atoms with Gasteiger partial charge in [0.15, 0.2) is 0 Å². The lowest BCUT2D eigenvalue weighted by Crippen LogP contribution is -2.29. The summed E-state index contributed by atoms with van der Waals surface area (Å²) in [6, 6.07) is 7.36. The number of halogens is 1. The highest BCUT2D eigenvalue weighted by atomic mass is 35.5. The zero-order chi connectivity index (χ0) is 20.4. The quantitative estimate of drug-likeness (QED) is 0.587. The van der Waals surface area contributed by atoms with Gasteiger partial charge in [-0.15, -0.1) is 0 Å². The zero-order valence-corrected chi connectivity index (χ0v) is 17.0. The second-order valence-corrected chi connectivity index (χ2v) is 7.80. The van der Waals surface area contributed by atoms with Gasteiger partial charge < -0.3 is 20.3 Å². The van der Waals surface area contributed by atoms with Crippen LogP contribution in [0.15, 0.2) is 41.5 Å². The van der Waals surface area contributed by atoms with Crippen LogP contribution in [-0.4, -0.2) is 31.8 Å². The van der Waals surface area contributed by atoms with Gasteiger partial charge in [-0.2, -0.15) is 0 Å². The first-order chi connectivity index (χ1) is 14.0. The van der Waals surface area contributed by atoms with E-state index in [9.17, 15) is 9.90 Å². The monoisotopic (exact) mass is 413 g/mol. The Morgan fingerprint density at radius 1 is 1.21 bits per heavy atom. The largest absolute Gasteiger partial charge is 0.393 e. The van der Waals surface area contributed by atoms with Gasteiger partial charge >= 0.3 is 0 Å². The Labute approximate surface area is 173 Å². The van der Waals surface area contributed by atoms with Crippen LogP contribution in [0, 0.1) is 0 Å². The molecule has 1 fully saturated rings. The molecular formula is C21H24ClN5O2. The molecule has 1 aliphatic rings. The van der Waals surface area contributed by atoms with Crippen LogP contribution in [0.3, 0.4) is 0 Å². The number of aliphatic hydroxyl groups excluding tert-OH is 1. The summed E-state index contributed by atoms with van der Waals surface area (Å²) in [6.07, 6.45) is 6.36. The van der Waals surface area contributed by atoms with E-state index in [1.807, 2.05) is 19.1 Å². The summed E-state index contributed by atoms with van der Waals surface area (Å²) in [5, 5.41) is 18.4. The van der Waals surface area contributed by atoms with E-state index in [1.165, 1.54) is 0 Å². The molecule has 1 saturated carbocycles. The standard InChI is InChI=1S/C21H24ClN5O2/c1-2-27-10-8-13-11-18(25-17-12-14(22)7-9-23-17)26-20(19(13)21(27)29)24-15-3-5-16(28)6-4-15/h7-12,15-16,28H,2-6H2,1H3,(H2,23,24,25,26). The highest BCUT2D eigenvalue weighted by Gasteiger charge is 2.21. The average molecular weight is 414 g/mol. The number of nitrogens with zero attached hydrogens (tertiary/aromatic N) is 3. The van der Waals surface area contributed by atoms with Crippen LogP contribution in [0.25, 0.3) is 10.8 Å². The van der Waals surface area contributed by atoms with Gasteiger partial charge in [0.05, 0.1) is 11.5 Å². The summed E-state index contributed by atoms with van der Waals surface area (Å²) >= 11 is 6.05. The van der Waals surface area contributed by atoms with E-state index in [2.05, 4.69) is 15.6 Å². The summed E-state index contributed by atoms with van der Waals surface area (Å²) in [4.78, 5) is 21.9. The van der Waals surface area contributed by atoms with Crippen LogP contribution < -0.4 is 16.2 Å². The number of pyridine rings is 3. The van der Waals surface area contributed by atoms with Gasteiger partial charge in [-0.1, -0.05) is 11.6 Å². The smallest absolute Gasteiger partial charge is 0.262 e. The van der Waals surface area contributed by atoms with Crippen molar-refractivity contribution in [3.8, 4) is 0 Å². The molecule has 0 amide bonds. The number of nitrogens with one attached hydrogen (secondary N) is 2. The van der Waals surface area contributed by atoms with Gasteiger partial charge in [0.2, 0.25) is 0 Å². The SMILES string of the molecule is CCn1ccc2cc(Nc3cc(Cl)ccn3)nc(NC3CCC(O)CC3)c2c1=O. The molecule has 0 atom stereocenters. The molecule has 0 unspecified atom stereocenters. The number of rotatable bonds is 5. The predicted octanol–water partition coefficient (Wildman–Crippen LogP) is 3.92. The van der Waals surface area contributed by atoms with Crippen LogP contribution in [-0.2, 0) is 6.54 Å². The molecular weight excluding hydrogens is 390 g/mol. The number of fused-ring (bicyclic) bond motifs is 1. The Morgan fingerprint density at radius 3 is 2.72 bits per heavy atom. The first-order valence-corrected chi connectivity index (χ1v) is 10.3. The fraction of sp³-hybridized carbons (Fsp3) is 0.381. The molecule has 8 heteroatoms. The third-order valence-corrected chi connectivity index (χ3v) is 5.55. The molecule has 0 aromatic carbocycles. The summed E-state index contributed by atoms with van der Waals surface area (Å²) < 4.78 is 1.67. The van der Waals surface area contributed by atoms with Gasteiger partial charge in [0, 0.05) is 30.0 Å². The molecule has 152 valence electrons. The van der Waals surface area contributed by atoms with E-state index < -0.39 is 0 Å². The van der Waals surface area contributed by atoms with Gasteiger partial charge in [-0.25, -0.2) is 9.97 Å². The summed E-state index contributed by atoms with van der Waals surface area (Å²) in [5.41, 5.74) is -0.0664. The molecule has 3 aromatic heterocycles. The third kappa shape index (κ3) is 4.36. The Kier molecular flexibility index (Phi) is 5.69. The highest BCUT2D eigenvalue weighted by molar-refractivity contribution is 6.30. The van der Waals surface area contributed by atoms with E-state index >= 15 is 0 Å². The normalized spacial score (nSPS) is 19.3. The van der Waals surface area contributed by atoms with E-state index in [0.29, 0.717) is 34.4 Å². The molecule has 0 aliphatic heterocycles. The van der Waals surface area contributed by atoms with Crippen LogP contribution in [0.4, 0.5) is 17.5 Å². The Balaban J connectivity index is 1.75. The topological polar surface area (TPSA) is 92.1 Å². The minimum Gasteiger partial charge on any atom is -0.393 e. The summed E-state index contributed by atoms with van der Waals surface area (Å²) in [6.45, 7) is 2.54. The molecule has 29 heavy (non-hydrogen) atoms. The van der Waals surface area contributed by atoms with Crippen LogP contribution >= 0.6 is 11.6 Å². The van der Waals surface area contributed by atoms with Crippen molar-refractivity contribution in [2.24, 2.45) is 0 Å². The lowest BCUT2D eigenvalue weighted by atomic mass is 9.93. The van der Waals surface area contributed by atoms with Gasteiger partial charge in [-0.3, -0.25) is 4.79 Å². The fourth-order valence-electron chi connectivity index (χ4n) is 3.74. The molecule has 3 N–H and O–H groups in total. The molecule has 0 spiro atoms. The number of aromatic nitrogens is 3. The van der Waals surface area contributed by atoms with Crippen LogP contribution in [0.5, 0.6) is 0 Å². The van der Waals surface area contributed by atoms with E-state index in [4.69, 9.17) is 16.6 Å². The molecule has 7 nitrogen and oxygen atoms in total. The second kappa shape index (κ2) is 8.39. The molecule has 1 aliphatic carbocycles. The van der Waals surface area contributed by atoms with Crippen molar-refractivity contribution in [2.75, 3.05) is 10.6 Å². The van der Waals surface area contributed by atoms with Crippen LogP contribution in [0.1, 0.15) is 32.6 Å². The average Bonchev–Trinajstić information content (AvgIpc) is 2.70. The van der Waals surface area contributed by atoms with Crippen molar-refractivity contribution in [1.82, 2.24) is 14.5 Å². The zero-order valence-electron chi connectivity index (χ0n) is 16.2. The first kappa shape index (κ1) is 19.7. The minimum atomic E-state index is -0.239. The molecule has 0 saturated heterocycles. The maximum atomic E-state index is 13.0. The summed E-state index contributed by atoms with van der Waals surface area (Å²) in [7, 11) is 0. The Bertz CT molecular complexity index is 1080. The van der Waals surface area contributed by atoms with E-state index in [0.717, 1.165) is 31.1 Å². The molecule has 4 rings (SSSR count). The first-order valence-electron chi connectivity index (χ1n) is 9.91. The maximum absolute atomic E-state index is 13.0. The Morgan fingerprint density at radius 2 is 2.00 bits per heavy atom. The second-order valence-electron chi connectivity index (χ2n) is 7.36. The third-order valence-electron chi connectivity index (χ3n) is 5.32. The van der Waals surface area contributed by atoms with Gasteiger partial charge in [0.25, 0.3) is 5.56 Å². The fourth-order valence-corrected chi connectivity index (χ4v) is 3.90. The van der Waals surface area contributed by atoms with Gasteiger partial charge in [-0.05, 0) is 62.3 Å². The van der Waals surface area contributed by atoms with E-state index in [1.54, 1.807) is 29.1 Å². The number of hydrogen-bond acceptors (Lipinski definition) is 6. The molecule has 0 radical (unpaired) electrons. The van der Waals surface area contributed by atoms with Gasteiger partial charge in [0.1, 0.15) is 17.5 Å². The lowest BCUT2D eigenvalue weighted by Gasteiger charge is -2.27. The van der Waals surface area contributed by atoms with Crippen molar-refractivity contribution in [3.05, 3.63) is 52.0 Å². The molecule has 3 heterocycles. The number of aliphatic hydroxyl groups is 1. The number of anilines is 3.